The predicted molar refractivity (Wildman–Crippen MR) is 114 cm³/mol. The van der Waals surface area contributed by atoms with Gasteiger partial charge in [0.05, 0.1) is 18.1 Å². The van der Waals surface area contributed by atoms with Gasteiger partial charge in [-0.25, -0.2) is 4.98 Å². The Labute approximate surface area is 172 Å². The van der Waals surface area contributed by atoms with Gasteiger partial charge in [0, 0.05) is 30.0 Å². The van der Waals surface area contributed by atoms with Gasteiger partial charge in [-0.3, -0.25) is 4.79 Å². The van der Waals surface area contributed by atoms with E-state index in [1.807, 2.05) is 42.5 Å². The van der Waals surface area contributed by atoms with E-state index in [4.69, 9.17) is 4.74 Å². The second kappa shape index (κ2) is 8.22. The highest BCUT2D eigenvalue weighted by atomic mass is 79.9. The number of carbonyl (C=O) groups is 1. The van der Waals surface area contributed by atoms with Crippen molar-refractivity contribution in [1.29, 1.82) is 0 Å². The number of methoxy groups -OCH3 is 1. The fourth-order valence-electron chi connectivity index (χ4n) is 3.59. The molecule has 0 saturated carbocycles. The third-order valence-electron chi connectivity index (χ3n) is 5.20. The summed E-state index contributed by atoms with van der Waals surface area (Å²) in [4.78, 5) is 22.8. The molecule has 0 radical (unpaired) electrons. The first-order chi connectivity index (χ1) is 13.6. The number of piperidine rings is 1. The van der Waals surface area contributed by atoms with Gasteiger partial charge in [0.2, 0.25) is 11.9 Å². The van der Waals surface area contributed by atoms with Crippen LogP contribution in [0.3, 0.4) is 0 Å². The zero-order chi connectivity index (χ0) is 19.5. The highest BCUT2D eigenvalue weighted by Gasteiger charge is 2.26. The van der Waals surface area contributed by atoms with E-state index < -0.39 is 0 Å². The summed E-state index contributed by atoms with van der Waals surface area (Å²) in [7, 11) is 1.65. The van der Waals surface area contributed by atoms with E-state index >= 15 is 0 Å². The van der Waals surface area contributed by atoms with Crippen LogP contribution in [-0.2, 0) is 11.3 Å². The van der Waals surface area contributed by atoms with E-state index in [9.17, 15) is 4.79 Å². The lowest BCUT2D eigenvalue weighted by Crippen LogP contribution is -2.40. The van der Waals surface area contributed by atoms with Gasteiger partial charge in [0.1, 0.15) is 5.75 Å². The molecule has 1 amide bonds. The maximum atomic E-state index is 12.6. The van der Waals surface area contributed by atoms with Crippen LogP contribution in [0.2, 0.25) is 0 Å². The lowest BCUT2D eigenvalue weighted by molar-refractivity contribution is -0.125. The van der Waals surface area contributed by atoms with Crippen molar-refractivity contribution < 1.29 is 9.53 Å². The van der Waals surface area contributed by atoms with Crippen molar-refractivity contribution in [3.63, 3.8) is 0 Å². The molecule has 1 fully saturated rings. The number of amides is 1. The molecule has 0 unspecified atom stereocenters. The lowest BCUT2D eigenvalue weighted by Gasteiger charge is -2.31. The van der Waals surface area contributed by atoms with Crippen LogP contribution >= 0.6 is 15.9 Å². The summed E-state index contributed by atoms with van der Waals surface area (Å²) in [5.41, 5.74) is 3.01. The number of halogens is 1. The standard InChI is InChI=1S/C21H23BrN4O2/c1-28-17-4-2-3-14(11-17)13-23-20(27)15-7-9-26(10-8-15)21-24-18-6-5-16(22)12-19(18)25-21/h2-6,11-12,15H,7-10,13H2,1H3,(H,23,27)(H,24,25). The molecule has 1 aliphatic heterocycles. The number of H-pyrrole nitrogens is 1. The zero-order valence-electron chi connectivity index (χ0n) is 15.7. The number of ether oxygens (including phenoxy) is 1. The Balaban J connectivity index is 1.32. The molecule has 146 valence electrons. The smallest absolute Gasteiger partial charge is 0.223 e. The van der Waals surface area contributed by atoms with Crippen molar-refractivity contribution >= 4 is 38.8 Å². The monoisotopic (exact) mass is 442 g/mol. The quantitative estimate of drug-likeness (QED) is 0.628. The first-order valence-corrected chi connectivity index (χ1v) is 10.2. The molecule has 0 atom stereocenters. The average molecular weight is 443 g/mol. The van der Waals surface area contributed by atoms with Gasteiger partial charge in [0.25, 0.3) is 0 Å². The molecule has 1 aliphatic rings. The number of aromatic nitrogens is 2. The van der Waals surface area contributed by atoms with Crippen LogP contribution < -0.4 is 15.0 Å². The Bertz CT molecular complexity index is 979. The second-order valence-corrected chi connectivity index (χ2v) is 7.97. The minimum atomic E-state index is 0.0420. The number of hydrogen-bond acceptors (Lipinski definition) is 4. The maximum absolute atomic E-state index is 12.6. The Hall–Kier alpha value is -2.54. The number of nitrogens with zero attached hydrogens (tertiary/aromatic N) is 2. The summed E-state index contributed by atoms with van der Waals surface area (Å²) in [5.74, 6) is 1.85. The minimum absolute atomic E-state index is 0.0420. The van der Waals surface area contributed by atoms with Crippen molar-refractivity contribution in [3.05, 3.63) is 52.5 Å². The molecule has 6 nitrogen and oxygen atoms in total. The lowest BCUT2D eigenvalue weighted by atomic mass is 9.96. The van der Waals surface area contributed by atoms with Crippen LogP contribution in [0.15, 0.2) is 46.9 Å². The largest absolute Gasteiger partial charge is 0.497 e. The van der Waals surface area contributed by atoms with Gasteiger partial charge in [-0.05, 0) is 48.7 Å². The average Bonchev–Trinajstić information content (AvgIpc) is 3.15. The molecule has 0 bridgehead atoms. The second-order valence-electron chi connectivity index (χ2n) is 7.05. The molecule has 0 aliphatic carbocycles. The summed E-state index contributed by atoms with van der Waals surface area (Å²) in [6.07, 6.45) is 1.65. The number of anilines is 1. The Morgan fingerprint density at radius 1 is 1.29 bits per heavy atom. The number of imidazole rings is 1. The molecule has 1 aromatic heterocycles. The van der Waals surface area contributed by atoms with E-state index in [1.165, 1.54) is 0 Å². The Morgan fingerprint density at radius 3 is 2.89 bits per heavy atom. The van der Waals surface area contributed by atoms with Crippen molar-refractivity contribution in [2.75, 3.05) is 25.1 Å². The van der Waals surface area contributed by atoms with Gasteiger partial charge in [-0.15, -0.1) is 0 Å². The van der Waals surface area contributed by atoms with Crippen LogP contribution in [0.1, 0.15) is 18.4 Å². The molecular formula is C21H23BrN4O2. The SMILES string of the molecule is COc1cccc(CNC(=O)C2CCN(c3nc4ccc(Br)cc4[nH]3)CC2)c1. The number of aromatic amines is 1. The fraction of sp³-hybridized carbons (Fsp3) is 0.333. The fourth-order valence-corrected chi connectivity index (χ4v) is 3.95. The summed E-state index contributed by atoms with van der Waals surface area (Å²) in [6.45, 7) is 2.16. The van der Waals surface area contributed by atoms with Gasteiger partial charge in [-0.1, -0.05) is 28.1 Å². The Morgan fingerprint density at radius 2 is 2.11 bits per heavy atom. The first kappa shape index (κ1) is 18.8. The predicted octanol–water partition coefficient (Wildman–Crippen LogP) is 3.87. The summed E-state index contributed by atoms with van der Waals surface area (Å²) >= 11 is 3.49. The van der Waals surface area contributed by atoms with Gasteiger partial charge >= 0.3 is 0 Å². The summed E-state index contributed by atoms with van der Waals surface area (Å²) in [6, 6.07) is 13.8. The highest BCUT2D eigenvalue weighted by molar-refractivity contribution is 9.10. The number of carbonyl (C=O) groups excluding carboxylic acids is 1. The van der Waals surface area contributed by atoms with Crippen molar-refractivity contribution in [2.24, 2.45) is 5.92 Å². The number of fused-ring (bicyclic) bond motifs is 1. The van der Waals surface area contributed by atoms with Crippen LogP contribution in [0.5, 0.6) is 5.75 Å². The molecule has 2 heterocycles. The Kier molecular flexibility index (Phi) is 5.52. The molecule has 28 heavy (non-hydrogen) atoms. The van der Waals surface area contributed by atoms with Crippen molar-refractivity contribution in [2.45, 2.75) is 19.4 Å². The molecule has 3 aromatic rings. The van der Waals surface area contributed by atoms with Crippen LogP contribution in [-0.4, -0.2) is 36.1 Å². The van der Waals surface area contributed by atoms with Crippen LogP contribution in [0.4, 0.5) is 5.95 Å². The van der Waals surface area contributed by atoms with Crippen molar-refractivity contribution in [1.82, 2.24) is 15.3 Å². The third kappa shape index (κ3) is 4.14. The van der Waals surface area contributed by atoms with Crippen molar-refractivity contribution in [3.8, 4) is 5.75 Å². The molecule has 2 aromatic carbocycles. The molecule has 7 heteroatoms. The molecular weight excluding hydrogens is 420 g/mol. The van der Waals surface area contributed by atoms with E-state index in [2.05, 4.69) is 36.1 Å². The molecule has 4 rings (SSSR count). The van der Waals surface area contributed by atoms with Crippen LogP contribution in [0, 0.1) is 5.92 Å². The first-order valence-electron chi connectivity index (χ1n) is 9.43. The van der Waals surface area contributed by atoms with E-state index in [-0.39, 0.29) is 11.8 Å². The number of rotatable bonds is 5. The van der Waals surface area contributed by atoms with E-state index in [1.54, 1.807) is 7.11 Å². The summed E-state index contributed by atoms with van der Waals surface area (Å²) in [5, 5.41) is 3.06. The normalized spacial score (nSPS) is 15.0. The molecule has 2 N–H and O–H groups in total. The van der Waals surface area contributed by atoms with Gasteiger partial charge in [-0.2, -0.15) is 0 Å². The van der Waals surface area contributed by atoms with Crippen LogP contribution in [0.25, 0.3) is 11.0 Å². The third-order valence-corrected chi connectivity index (χ3v) is 5.69. The van der Waals surface area contributed by atoms with E-state index in [0.717, 1.165) is 58.7 Å². The molecule has 0 spiro atoms. The molecule has 1 saturated heterocycles. The summed E-state index contributed by atoms with van der Waals surface area (Å²) < 4.78 is 6.26. The number of benzene rings is 2. The number of nitrogens with one attached hydrogen (secondary N) is 2. The zero-order valence-corrected chi connectivity index (χ0v) is 17.3. The van der Waals surface area contributed by atoms with Gasteiger partial charge < -0.3 is 19.9 Å². The van der Waals surface area contributed by atoms with E-state index in [0.29, 0.717) is 6.54 Å². The number of hydrogen-bond donors (Lipinski definition) is 2. The van der Waals surface area contributed by atoms with Gasteiger partial charge in [0.15, 0.2) is 0 Å². The topological polar surface area (TPSA) is 70.2 Å². The highest BCUT2D eigenvalue weighted by Crippen LogP contribution is 2.25. The maximum Gasteiger partial charge on any atom is 0.223 e. The minimum Gasteiger partial charge on any atom is -0.497 e.